The Hall–Kier alpha value is -4.87. The normalized spacial score (nSPS) is 12.9. The molecular formula is C30H23N2O5S+. The van der Waals surface area contributed by atoms with Crippen LogP contribution in [0.2, 0.25) is 0 Å². The van der Waals surface area contributed by atoms with Gasteiger partial charge >= 0.3 is 15.8 Å². The number of rotatable bonds is 6. The van der Waals surface area contributed by atoms with Gasteiger partial charge in [-0.15, -0.1) is 0 Å². The van der Waals surface area contributed by atoms with Crippen LogP contribution in [0.25, 0.3) is 15.7 Å². The molecule has 0 aromatic heterocycles. The Morgan fingerprint density at radius 1 is 0.711 bits per heavy atom. The minimum atomic E-state index is -4.27. The third kappa shape index (κ3) is 4.29. The van der Waals surface area contributed by atoms with E-state index in [2.05, 4.69) is 11.9 Å². The maximum absolute atomic E-state index is 13.2. The average molecular weight is 524 g/mol. The monoisotopic (exact) mass is 523 g/mol. The molecule has 38 heavy (non-hydrogen) atoms. The molecule has 1 atom stereocenters. The summed E-state index contributed by atoms with van der Waals surface area (Å²) in [6.45, 7) is 2.07. The topological polar surface area (TPSA) is 112 Å². The van der Waals surface area contributed by atoms with E-state index in [0.29, 0.717) is 0 Å². The Morgan fingerprint density at radius 2 is 1.32 bits per heavy atom. The molecule has 2 N–H and O–H groups in total. The zero-order valence-corrected chi connectivity index (χ0v) is 21.1. The first-order valence-corrected chi connectivity index (χ1v) is 13.1. The fraction of sp³-hybridized carbons (Fsp3) is 0.0667. The van der Waals surface area contributed by atoms with E-state index in [-0.39, 0.29) is 38.6 Å². The second-order valence-electron chi connectivity index (χ2n) is 8.98. The summed E-state index contributed by atoms with van der Waals surface area (Å²) in [4.78, 5) is 2.89. The summed E-state index contributed by atoms with van der Waals surface area (Å²) in [6, 6.07) is 30.9. The van der Waals surface area contributed by atoms with E-state index in [0.717, 1.165) is 16.7 Å². The van der Waals surface area contributed by atoms with Gasteiger partial charge in [-0.3, -0.25) is 0 Å². The fourth-order valence-electron chi connectivity index (χ4n) is 4.68. The van der Waals surface area contributed by atoms with Crippen LogP contribution in [0.4, 0.5) is 5.69 Å². The minimum absolute atomic E-state index is 0.0707. The molecule has 5 aromatic rings. The Balaban J connectivity index is 1.52. The molecule has 0 saturated heterocycles. The number of phenols is 2. The van der Waals surface area contributed by atoms with Gasteiger partial charge in [0, 0.05) is 22.3 Å². The summed E-state index contributed by atoms with van der Waals surface area (Å²) in [7, 11) is -4.27. The number of benzene rings is 5. The van der Waals surface area contributed by atoms with Crippen LogP contribution in [0.1, 0.15) is 23.6 Å². The molecule has 7 nitrogen and oxygen atoms in total. The lowest BCUT2D eigenvalue weighted by Crippen LogP contribution is -2.25. The summed E-state index contributed by atoms with van der Waals surface area (Å²) in [5.41, 5.74) is 2.21. The van der Waals surface area contributed by atoms with Gasteiger partial charge in [-0.1, -0.05) is 66.7 Å². The highest BCUT2D eigenvalue weighted by atomic mass is 32.2. The zero-order valence-electron chi connectivity index (χ0n) is 20.3. The van der Waals surface area contributed by atoms with Gasteiger partial charge in [0.15, 0.2) is 4.98 Å². The minimum Gasteiger partial charge on any atom is -0.508 e. The molecule has 8 heteroatoms. The molecule has 0 bridgehead atoms. The average Bonchev–Trinajstić information content (AvgIpc) is 2.94. The maximum atomic E-state index is 13.2. The Bertz CT molecular complexity index is 1780. The summed E-state index contributed by atoms with van der Waals surface area (Å²) < 4.78 is 31.9. The highest BCUT2D eigenvalue weighted by Gasteiger charge is 2.31. The lowest BCUT2D eigenvalue weighted by molar-refractivity contribution is 0.474. The van der Waals surface area contributed by atoms with Gasteiger partial charge in [-0.25, -0.2) is 0 Å². The van der Waals surface area contributed by atoms with Crippen molar-refractivity contribution in [2.24, 2.45) is 0 Å². The van der Waals surface area contributed by atoms with Crippen molar-refractivity contribution in [1.29, 1.82) is 5.39 Å². The van der Waals surface area contributed by atoms with E-state index in [1.807, 2.05) is 54.6 Å². The van der Waals surface area contributed by atoms with Crippen LogP contribution in [0.5, 0.6) is 17.2 Å². The van der Waals surface area contributed by atoms with Gasteiger partial charge in [-0.05, 0) is 60.0 Å². The van der Waals surface area contributed by atoms with E-state index in [1.54, 1.807) is 24.3 Å². The second-order valence-corrected chi connectivity index (χ2v) is 10.5. The van der Waals surface area contributed by atoms with Crippen LogP contribution >= 0.6 is 0 Å². The Kier molecular flexibility index (Phi) is 6.23. The molecule has 0 spiro atoms. The summed E-state index contributed by atoms with van der Waals surface area (Å²) in [6.07, 6.45) is 0. The van der Waals surface area contributed by atoms with E-state index in [9.17, 15) is 18.6 Å². The SMILES string of the molecule is CC(c1ccccc1)(c1ccc(O)cc1)c1ccc(OS(=O)(=O)c2cccc3c(O)c([N+]#N)ccc23)cc1. The molecule has 0 fully saturated rings. The smallest absolute Gasteiger partial charge is 0.426 e. The van der Waals surface area contributed by atoms with Crippen LogP contribution in [-0.4, -0.2) is 18.6 Å². The largest absolute Gasteiger partial charge is 0.508 e. The third-order valence-electron chi connectivity index (χ3n) is 6.78. The van der Waals surface area contributed by atoms with Crippen molar-refractivity contribution < 1.29 is 22.8 Å². The summed E-state index contributed by atoms with van der Waals surface area (Å²) >= 11 is 0. The number of nitrogens with zero attached hydrogens (tertiary/aromatic N) is 2. The zero-order chi connectivity index (χ0) is 26.9. The predicted molar refractivity (Wildman–Crippen MR) is 145 cm³/mol. The van der Waals surface area contributed by atoms with Crippen molar-refractivity contribution in [1.82, 2.24) is 0 Å². The molecule has 0 aliphatic carbocycles. The fourth-order valence-corrected chi connectivity index (χ4v) is 5.83. The number of hydrogen-bond donors (Lipinski definition) is 2. The molecule has 5 aromatic carbocycles. The molecule has 0 heterocycles. The lowest BCUT2D eigenvalue weighted by Gasteiger charge is -2.32. The number of hydrogen-bond acceptors (Lipinski definition) is 6. The lowest BCUT2D eigenvalue weighted by atomic mass is 9.71. The third-order valence-corrected chi connectivity index (χ3v) is 8.09. The van der Waals surface area contributed by atoms with Gasteiger partial charge in [0.2, 0.25) is 11.1 Å². The van der Waals surface area contributed by atoms with E-state index in [4.69, 9.17) is 9.58 Å². The number of fused-ring (bicyclic) bond motifs is 1. The highest BCUT2D eigenvalue weighted by molar-refractivity contribution is 7.87. The number of aromatic hydroxyl groups is 2. The van der Waals surface area contributed by atoms with Crippen molar-refractivity contribution in [3.8, 4) is 17.2 Å². The van der Waals surface area contributed by atoms with Crippen molar-refractivity contribution in [3.63, 3.8) is 0 Å². The van der Waals surface area contributed by atoms with Crippen molar-refractivity contribution in [2.45, 2.75) is 17.2 Å². The first-order chi connectivity index (χ1) is 18.2. The molecule has 0 aliphatic heterocycles. The Labute approximate surface area is 220 Å². The molecule has 0 aliphatic rings. The van der Waals surface area contributed by atoms with E-state index < -0.39 is 15.5 Å². The molecule has 5 rings (SSSR count). The first-order valence-electron chi connectivity index (χ1n) is 11.7. The van der Waals surface area contributed by atoms with E-state index >= 15 is 0 Å². The van der Waals surface area contributed by atoms with E-state index in [1.165, 1.54) is 30.3 Å². The molecular weight excluding hydrogens is 500 g/mol. The van der Waals surface area contributed by atoms with Crippen LogP contribution < -0.4 is 4.18 Å². The van der Waals surface area contributed by atoms with Crippen molar-refractivity contribution >= 4 is 26.6 Å². The summed E-state index contributed by atoms with van der Waals surface area (Å²) in [5.74, 6) is -0.0410. The van der Waals surface area contributed by atoms with Crippen LogP contribution in [0, 0.1) is 5.39 Å². The van der Waals surface area contributed by atoms with Crippen LogP contribution in [0.15, 0.2) is 114 Å². The first kappa shape index (κ1) is 24.8. The Morgan fingerprint density at radius 3 is 1.95 bits per heavy atom. The summed E-state index contributed by atoms with van der Waals surface area (Å²) in [5, 5.41) is 29.6. The maximum Gasteiger partial charge on any atom is 0.426 e. The van der Waals surface area contributed by atoms with Gasteiger partial charge in [0.1, 0.15) is 16.4 Å². The highest BCUT2D eigenvalue weighted by Crippen LogP contribution is 2.41. The van der Waals surface area contributed by atoms with Gasteiger partial charge in [0.25, 0.3) is 0 Å². The van der Waals surface area contributed by atoms with Gasteiger partial charge in [-0.2, -0.15) is 8.42 Å². The number of diazo groups is 1. The molecule has 0 amide bonds. The van der Waals surface area contributed by atoms with Gasteiger partial charge < -0.3 is 14.4 Å². The predicted octanol–water partition coefficient (Wildman–Crippen LogP) is 6.86. The standard InChI is InChI=1S/C30H22N2O5S/c1-30(20-6-3-2-4-7-20,21-10-14-23(33)15-11-21)22-12-16-24(17-13-22)37-38(35,36)28-9-5-8-26-25(28)18-19-27(32-31)29(26)34/h2-19H,1H3,(H-,33,34)/p+1. The van der Waals surface area contributed by atoms with Gasteiger partial charge in [0.05, 0.1) is 0 Å². The quantitative estimate of drug-likeness (QED) is 0.143. The number of phenolic OH excluding ortho intramolecular Hbond substituents is 2. The molecule has 1 unspecified atom stereocenters. The van der Waals surface area contributed by atoms with Crippen molar-refractivity contribution in [2.75, 3.05) is 0 Å². The van der Waals surface area contributed by atoms with Crippen LogP contribution in [0.3, 0.4) is 0 Å². The molecule has 0 saturated carbocycles. The molecule has 0 radical (unpaired) electrons. The molecule has 188 valence electrons. The van der Waals surface area contributed by atoms with Crippen LogP contribution in [-0.2, 0) is 15.5 Å². The second kappa shape index (κ2) is 9.54. The van der Waals surface area contributed by atoms with Crippen molar-refractivity contribution in [3.05, 3.63) is 131 Å².